The summed E-state index contributed by atoms with van der Waals surface area (Å²) in [5.74, 6) is 0.564. The number of hydrogen-bond donors (Lipinski definition) is 0. The average molecular weight is 390 g/mol. The van der Waals surface area contributed by atoms with Gasteiger partial charge >= 0.3 is 5.97 Å². The first-order valence-corrected chi connectivity index (χ1v) is 9.02. The van der Waals surface area contributed by atoms with E-state index in [-0.39, 0.29) is 12.6 Å². The molecular weight excluding hydrogens is 372 g/mol. The van der Waals surface area contributed by atoms with Crippen LogP contribution in [-0.2, 0) is 11.3 Å². The lowest BCUT2D eigenvalue weighted by Crippen LogP contribution is -2.11. The molecule has 0 aliphatic heterocycles. The minimum atomic E-state index is -0.392. The van der Waals surface area contributed by atoms with Gasteiger partial charge in [-0.3, -0.25) is 0 Å². The lowest BCUT2D eigenvalue weighted by molar-refractivity contribution is 0.0378. The second-order valence-electron chi connectivity index (χ2n) is 6.52. The molecule has 0 saturated heterocycles. The van der Waals surface area contributed by atoms with Crippen molar-refractivity contribution in [1.82, 2.24) is 40.4 Å². The number of benzene rings is 2. The molecule has 0 bridgehead atoms. The van der Waals surface area contributed by atoms with Gasteiger partial charge in [0.05, 0.1) is 17.4 Å². The topological polar surface area (TPSA) is 114 Å². The molecule has 0 atom stereocenters. The Morgan fingerprint density at radius 2 is 1.86 bits per heavy atom. The standard InChI is InChI=1S/C19H18N8O2/c1-13(2)29-19(28)15-8-6-7-14(11-15)18-21-24-26(22-18)12-17-20-23-25-27(17)16-9-4-3-5-10-16/h3-11,13H,12H2,1-2H3. The largest absolute Gasteiger partial charge is 0.459 e. The molecule has 2 heterocycles. The second-order valence-corrected chi connectivity index (χ2v) is 6.52. The predicted octanol–water partition coefficient (Wildman–Crippen LogP) is 1.93. The van der Waals surface area contributed by atoms with Gasteiger partial charge in [-0.05, 0) is 53.8 Å². The molecule has 146 valence electrons. The number of esters is 1. The number of rotatable bonds is 6. The maximum Gasteiger partial charge on any atom is 0.338 e. The summed E-state index contributed by atoms with van der Waals surface area (Å²) < 4.78 is 6.85. The highest BCUT2D eigenvalue weighted by Crippen LogP contribution is 2.17. The van der Waals surface area contributed by atoms with E-state index >= 15 is 0 Å². The van der Waals surface area contributed by atoms with E-state index in [1.54, 1.807) is 36.7 Å². The summed E-state index contributed by atoms with van der Waals surface area (Å²) in [7, 11) is 0. The highest BCUT2D eigenvalue weighted by atomic mass is 16.5. The third kappa shape index (κ3) is 4.15. The van der Waals surface area contributed by atoms with Crippen LogP contribution < -0.4 is 0 Å². The zero-order valence-corrected chi connectivity index (χ0v) is 15.9. The average Bonchev–Trinajstić information content (AvgIpc) is 3.38. The van der Waals surface area contributed by atoms with E-state index in [9.17, 15) is 4.79 Å². The molecule has 0 aliphatic carbocycles. The Morgan fingerprint density at radius 1 is 1.03 bits per heavy atom. The molecule has 0 radical (unpaired) electrons. The van der Waals surface area contributed by atoms with Crippen LogP contribution in [0.5, 0.6) is 0 Å². The fourth-order valence-corrected chi connectivity index (χ4v) is 2.69. The molecular formula is C19H18N8O2. The molecule has 4 aromatic rings. The number of nitrogens with zero attached hydrogens (tertiary/aromatic N) is 8. The van der Waals surface area contributed by atoms with Crippen molar-refractivity contribution < 1.29 is 9.53 Å². The number of carbonyl (C=O) groups excluding carboxylic acids is 1. The van der Waals surface area contributed by atoms with E-state index in [0.29, 0.717) is 22.8 Å². The van der Waals surface area contributed by atoms with Crippen molar-refractivity contribution in [3.63, 3.8) is 0 Å². The molecule has 29 heavy (non-hydrogen) atoms. The van der Waals surface area contributed by atoms with Crippen molar-refractivity contribution in [2.45, 2.75) is 26.5 Å². The van der Waals surface area contributed by atoms with Crippen LogP contribution in [0.2, 0.25) is 0 Å². The monoisotopic (exact) mass is 390 g/mol. The molecule has 0 saturated carbocycles. The van der Waals surface area contributed by atoms with Crippen molar-refractivity contribution in [3.05, 3.63) is 66.0 Å². The lowest BCUT2D eigenvalue weighted by Gasteiger charge is -2.08. The van der Waals surface area contributed by atoms with Crippen LogP contribution in [0.3, 0.4) is 0 Å². The summed E-state index contributed by atoms with van der Waals surface area (Å²) in [6.07, 6.45) is -0.194. The highest BCUT2D eigenvalue weighted by molar-refractivity contribution is 5.90. The second kappa shape index (κ2) is 7.97. The Bertz CT molecular complexity index is 1120. The third-order valence-corrected chi connectivity index (χ3v) is 3.97. The maximum atomic E-state index is 12.1. The van der Waals surface area contributed by atoms with Gasteiger partial charge in [0.15, 0.2) is 5.82 Å². The zero-order chi connectivity index (χ0) is 20.2. The van der Waals surface area contributed by atoms with E-state index in [1.807, 2.05) is 36.4 Å². The van der Waals surface area contributed by atoms with Crippen LogP contribution in [0.1, 0.15) is 30.0 Å². The highest BCUT2D eigenvalue weighted by Gasteiger charge is 2.14. The molecule has 0 unspecified atom stereocenters. The van der Waals surface area contributed by atoms with Crippen LogP contribution >= 0.6 is 0 Å². The fraction of sp³-hybridized carbons (Fsp3) is 0.211. The Morgan fingerprint density at radius 3 is 2.66 bits per heavy atom. The van der Waals surface area contributed by atoms with Gasteiger partial charge in [-0.2, -0.15) is 9.48 Å². The number of tetrazole rings is 2. The van der Waals surface area contributed by atoms with Crippen molar-refractivity contribution >= 4 is 5.97 Å². The quantitative estimate of drug-likeness (QED) is 0.459. The molecule has 0 aliphatic rings. The van der Waals surface area contributed by atoms with Crippen LogP contribution in [0.25, 0.3) is 17.1 Å². The SMILES string of the molecule is CC(C)OC(=O)c1cccc(-c2nnn(Cc3nnnn3-c3ccccc3)n2)c1. The van der Waals surface area contributed by atoms with Crippen LogP contribution in [0, 0.1) is 0 Å². The van der Waals surface area contributed by atoms with Crippen LogP contribution in [-0.4, -0.2) is 52.5 Å². The van der Waals surface area contributed by atoms with Crippen molar-refractivity contribution in [2.75, 3.05) is 0 Å². The van der Waals surface area contributed by atoms with Crippen molar-refractivity contribution in [1.29, 1.82) is 0 Å². The van der Waals surface area contributed by atoms with Crippen molar-refractivity contribution in [3.8, 4) is 17.1 Å². The van der Waals surface area contributed by atoms with Gasteiger partial charge in [-0.15, -0.1) is 15.3 Å². The minimum absolute atomic E-state index is 0.194. The van der Waals surface area contributed by atoms with E-state index in [0.717, 1.165) is 5.69 Å². The number of aromatic nitrogens is 8. The first-order chi connectivity index (χ1) is 14.1. The third-order valence-electron chi connectivity index (χ3n) is 3.97. The van der Waals surface area contributed by atoms with Gasteiger partial charge in [-0.1, -0.05) is 30.3 Å². The zero-order valence-electron chi connectivity index (χ0n) is 15.9. The van der Waals surface area contributed by atoms with Crippen molar-refractivity contribution in [2.24, 2.45) is 0 Å². The minimum Gasteiger partial charge on any atom is -0.459 e. The Balaban J connectivity index is 1.55. The normalized spacial score (nSPS) is 11.0. The van der Waals surface area contributed by atoms with Gasteiger partial charge in [0.25, 0.3) is 0 Å². The molecule has 10 heteroatoms. The van der Waals surface area contributed by atoms with Gasteiger partial charge in [-0.25, -0.2) is 4.79 Å². The van der Waals surface area contributed by atoms with Crippen LogP contribution in [0.15, 0.2) is 54.6 Å². The summed E-state index contributed by atoms with van der Waals surface area (Å²) >= 11 is 0. The molecule has 0 amide bonds. The summed E-state index contributed by atoms with van der Waals surface area (Å²) in [6, 6.07) is 16.5. The van der Waals surface area contributed by atoms with Gasteiger partial charge in [0.2, 0.25) is 5.82 Å². The molecule has 0 fully saturated rings. The van der Waals surface area contributed by atoms with Gasteiger partial charge < -0.3 is 4.74 Å². The Hall–Kier alpha value is -3.95. The molecule has 4 rings (SSSR count). The summed E-state index contributed by atoms with van der Waals surface area (Å²) in [6.45, 7) is 3.85. The first kappa shape index (κ1) is 18.4. The first-order valence-electron chi connectivity index (χ1n) is 9.02. The predicted molar refractivity (Wildman–Crippen MR) is 102 cm³/mol. The maximum absolute atomic E-state index is 12.1. The Kier molecular flexibility index (Phi) is 5.06. The van der Waals surface area contributed by atoms with E-state index in [2.05, 4.69) is 30.9 Å². The van der Waals surface area contributed by atoms with Gasteiger partial charge in [0, 0.05) is 5.56 Å². The van der Waals surface area contributed by atoms with E-state index < -0.39 is 5.97 Å². The fourth-order valence-electron chi connectivity index (χ4n) is 2.69. The lowest BCUT2D eigenvalue weighted by atomic mass is 10.1. The summed E-state index contributed by atoms with van der Waals surface area (Å²) in [5, 5.41) is 24.3. The number of ether oxygens (including phenoxy) is 1. The Labute approximate surface area is 166 Å². The summed E-state index contributed by atoms with van der Waals surface area (Å²) in [4.78, 5) is 13.5. The summed E-state index contributed by atoms with van der Waals surface area (Å²) in [5.41, 5.74) is 1.93. The number of para-hydroxylation sites is 1. The molecule has 2 aromatic heterocycles. The van der Waals surface area contributed by atoms with Gasteiger partial charge in [0.1, 0.15) is 6.54 Å². The smallest absolute Gasteiger partial charge is 0.338 e. The number of hydrogen-bond acceptors (Lipinski definition) is 8. The number of carbonyl (C=O) groups is 1. The van der Waals surface area contributed by atoms with E-state index in [1.165, 1.54) is 4.80 Å². The van der Waals surface area contributed by atoms with E-state index in [4.69, 9.17) is 4.74 Å². The molecule has 0 N–H and O–H groups in total. The van der Waals surface area contributed by atoms with Crippen LogP contribution in [0.4, 0.5) is 0 Å². The molecule has 10 nitrogen and oxygen atoms in total. The molecule has 2 aromatic carbocycles. The molecule has 0 spiro atoms.